The van der Waals surface area contributed by atoms with Crippen LogP contribution in [0.3, 0.4) is 0 Å². The van der Waals surface area contributed by atoms with Crippen molar-refractivity contribution in [2.75, 3.05) is 19.6 Å². The highest BCUT2D eigenvalue weighted by atomic mass is 16.2. The summed E-state index contributed by atoms with van der Waals surface area (Å²) in [4.78, 5) is 34.8. The van der Waals surface area contributed by atoms with Crippen LogP contribution >= 0.6 is 0 Å². The molecule has 2 amide bonds. The van der Waals surface area contributed by atoms with Gasteiger partial charge >= 0.3 is 0 Å². The van der Waals surface area contributed by atoms with Crippen LogP contribution in [0.15, 0.2) is 48.9 Å². The van der Waals surface area contributed by atoms with Crippen molar-refractivity contribution in [1.29, 1.82) is 0 Å². The number of amides is 2. The summed E-state index contributed by atoms with van der Waals surface area (Å²) in [5, 5.41) is 3.02. The molecule has 0 saturated carbocycles. The topological polar surface area (TPSA) is 75.2 Å². The Morgan fingerprint density at radius 1 is 1.08 bits per heavy atom. The van der Waals surface area contributed by atoms with Crippen molar-refractivity contribution in [3.05, 3.63) is 60.2 Å². The quantitative estimate of drug-likeness (QED) is 0.808. The van der Waals surface area contributed by atoms with Gasteiger partial charge in [0.25, 0.3) is 5.91 Å². The SMILES string of the molecule is O=C(NCCCc1ccccn1)C1CCN(C(=O)c2ccncc2)CC1. The second-order valence-electron chi connectivity index (χ2n) is 6.52. The van der Waals surface area contributed by atoms with Gasteiger partial charge in [-0.05, 0) is 49.9 Å². The molecular formula is C20H24N4O2. The molecule has 0 unspecified atom stereocenters. The average molecular weight is 352 g/mol. The number of nitrogens with one attached hydrogen (secondary N) is 1. The molecule has 0 radical (unpaired) electrons. The molecule has 3 heterocycles. The number of hydrogen-bond donors (Lipinski definition) is 1. The van der Waals surface area contributed by atoms with Gasteiger partial charge in [-0.3, -0.25) is 19.6 Å². The van der Waals surface area contributed by atoms with Crippen LogP contribution in [0.4, 0.5) is 0 Å². The molecule has 1 aliphatic rings. The van der Waals surface area contributed by atoms with Crippen LogP contribution in [-0.4, -0.2) is 46.3 Å². The molecule has 2 aromatic heterocycles. The summed E-state index contributed by atoms with van der Waals surface area (Å²) in [6.07, 6.45) is 8.19. The third kappa shape index (κ3) is 4.88. The van der Waals surface area contributed by atoms with E-state index in [-0.39, 0.29) is 17.7 Å². The lowest BCUT2D eigenvalue weighted by Crippen LogP contribution is -2.43. The summed E-state index contributed by atoms with van der Waals surface area (Å²) in [5.74, 6) is 0.106. The van der Waals surface area contributed by atoms with E-state index in [1.807, 2.05) is 23.1 Å². The average Bonchev–Trinajstić information content (AvgIpc) is 2.72. The standard InChI is InChI=1S/C20H24N4O2/c25-19(23-11-3-5-18-4-1-2-10-22-18)16-8-14-24(15-9-16)20(26)17-6-12-21-13-7-17/h1-2,4,6-7,10,12-13,16H,3,5,8-9,11,14-15H2,(H,23,25). The third-order valence-electron chi connectivity index (χ3n) is 4.72. The van der Waals surface area contributed by atoms with Crippen LogP contribution in [-0.2, 0) is 11.2 Å². The van der Waals surface area contributed by atoms with Crippen molar-refractivity contribution in [2.24, 2.45) is 5.92 Å². The highest BCUT2D eigenvalue weighted by molar-refractivity contribution is 5.94. The highest BCUT2D eigenvalue weighted by Gasteiger charge is 2.27. The van der Waals surface area contributed by atoms with Gasteiger partial charge in [0.2, 0.25) is 5.91 Å². The molecule has 1 N–H and O–H groups in total. The predicted molar refractivity (Wildman–Crippen MR) is 98.4 cm³/mol. The van der Waals surface area contributed by atoms with Gasteiger partial charge in [0.05, 0.1) is 0 Å². The van der Waals surface area contributed by atoms with E-state index in [9.17, 15) is 9.59 Å². The number of aromatic nitrogens is 2. The van der Waals surface area contributed by atoms with Gasteiger partial charge in [-0.2, -0.15) is 0 Å². The van der Waals surface area contributed by atoms with Gasteiger partial charge in [-0.15, -0.1) is 0 Å². The zero-order valence-electron chi connectivity index (χ0n) is 14.8. The Kier molecular flexibility index (Phi) is 6.30. The molecule has 0 atom stereocenters. The lowest BCUT2D eigenvalue weighted by atomic mass is 9.95. The molecule has 1 aliphatic heterocycles. The monoisotopic (exact) mass is 352 g/mol. The van der Waals surface area contributed by atoms with E-state index < -0.39 is 0 Å². The molecule has 1 fully saturated rings. The molecule has 1 saturated heterocycles. The van der Waals surface area contributed by atoms with Gasteiger partial charge < -0.3 is 10.2 Å². The molecule has 2 aromatic rings. The van der Waals surface area contributed by atoms with Gasteiger partial charge in [-0.1, -0.05) is 6.07 Å². The molecule has 6 nitrogen and oxygen atoms in total. The van der Waals surface area contributed by atoms with Crippen molar-refractivity contribution in [3.8, 4) is 0 Å². The fraction of sp³-hybridized carbons (Fsp3) is 0.400. The van der Waals surface area contributed by atoms with Gasteiger partial charge in [-0.25, -0.2) is 0 Å². The van der Waals surface area contributed by atoms with Crippen LogP contribution in [0.25, 0.3) is 0 Å². The summed E-state index contributed by atoms with van der Waals surface area (Å²) in [5.41, 5.74) is 1.70. The maximum atomic E-state index is 12.4. The highest BCUT2D eigenvalue weighted by Crippen LogP contribution is 2.19. The first-order valence-corrected chi connectivity index (χ1v) is 9.11. The van der Waals surface area contributed by atoms with Gasteiger partial charge in [0, 0.05) is 55.4 Å². The first kappa shape index (κ1) is 18.0. The van der Waals surface area contributed by atoms with Crippen LogP contribution in [0.2, 0.25) is 0 Å². The second kappa shape index (κ2) is 9.08. The Morgan fingerprint density at radius 3 is 2.54 bits per heavy atom. The van der Waals surface area contributed by atoms with E-state index in [1.54, 1.807) is 30.7 Å². The Bertz CT molecular complexity index is 713. The Labute approximate surface area is 153 Å². The number of piperidine rings is 1. The number of carbonyl (C=O) groups is 2. The van der Waals surface area contributed by atoms with E-state index in [0.29, 0.717) is 38.0 Å². The lowest BCUT2D eigenvalue weighted by Gasteiger charge is -2.31. The Morgan fingerprint density at radius 2 is 1.85 bits per heavy atom. The van der Waals surface area contributed by atoms with E-state index in [4.69, 9.17) is 0 Å². The zero-order valence-corrected chi connectivity index (χ0v) is 14.8. The lowest BCUT2D eigenvalue weighted by molar-refractivity contribution is -0.126. The molecule has 0 spiro atoms. The van der Waals surface area contributed by atoms with Crippen molar-refractivity contribution in [1.82, 2.24) is 20.2 Å². The van der Waals surface area contributed by atoms with Gasteiger partial charge in [0.1, 0.15) is 0 Å². The number of carbonyl (C=O) groups excluding carboxylic acids is 2. The molecule has 0 bridgehead atoms. The largest absolute Gasteiger partial charge is 0.356 e. The van der Waals surface area contributed by atoms with Crippen LogP contribution < -0.4 is 5.32 Å². The van der Waals surface area contributed by atoms with E-state index in [1.165, 1.54) is 0 Å². The number of aryl methyl sites for hydroxylation is 1. The molecule has 0 aromatic carbocycles. The first-order valence-electron chi connectivity index (χ1n) is 9.11. The number of likely N-dealkylation sites (tertiary alicyclic amines) is 1. The number of hydrogen-bond acceptors (Lipinski definition) is 4. The van der Waals surface area contributed by atoms with E-state index >= 15 is 0 Å². The first-order chi connectivity index (χ1) is 12.7. The number of nitrogens with zero attached hydrogens (tertiary/aromatic N) is 3. The minimum atomic E-state index is -0.00802. The smallest absolute Gasteiger partial charge is 0.253 e. The summed E-state index contributed by atoms with van der Waals surface area (Å²) in [7, 11) is 0. The fourth-order valence-corrected chi connectivity index (χ4v) is 3.19. The van der Waals surface area contributed by atoms with Gasteiger partial charge in [0.15, 0.2) is 0 Å². The maximum absolute atomic E-state index is 12.4. The van der Waals surface area contributed by atoms with Crippen LogP contribution in [0.5, 0.6) is 0 Å². The number of pyridine rings is 2. The Balaban J connectivity index is 1.37. The minimum Gasteiger partial charge on any atom is -0.356 e. The normalized spacial score (nSPS) is 14.8. The summed E-state index contributed by atoms with van der Waals surface area (Å²) >= 11 is 0. The molecule has 6 heteroatoms. The summed E-state index contributed by atoms with van der Waals surface area (Å²) in [6, 6.07) is 9.32. The van der Waals surface area contributed by atoms with Crippen molar-refractivity contribution in [2.45, 2.75) is 25.7 Å². The van der Waals surface area contributed by atoms with E-state index in [0.717, 1.165) is 18.5 Å². The second-order valence-corrected chi connectivity index (χ2v) is 6.52. The van der Waals surface area contributed by atoms with Crippen LogP contribution in [0.1, 0.15) is 35.3 Å². The van der Waals surface area contributed by atoms with E-state index in [2.05, 4.69) is 15.3 Å². The third-order valence-corrected chi connectivity index (χ3v) is 4.72. The number of rotatable bonds is 6. The zero-order chi connectivity index (χ0) is 18.2. The van der Waals surface area contributed by atoms with Crippen molar-refractivity contribution >= 4 is 11.8 Å². The maximum Gasteiger partial charge on any atom is 0.253 e. The fourth-order valence-electron chi connectivity index (χ4n) is 3.19. The van der Waals surface area contributed by atoms with Crippen molar-refractivity contribution < 1.29 is 9.59 Å². The molecular weight excluding hydrogens is 328 g/mol. The van der Waals surface area contributed by atoms with Crippen molar-refractivity contribution in [3.63, 3.8) is 0 Å². The van der Waals surface area contributed by atoms with Crippen LogP contribution in [0, 0.1) is 5.92 Å². The minimum absolute atomic E-state index is 0.00802. The summed E-state index contributed by atoms with van der Waals surface area (Å²) in [6.45, 7) is 1.89. The molecule has 136 valence electrons. The summed E-state index contributed by atoms with van der Waals surface area (Å²) < 4.78 is 0. The predicted octanol–water partition coefficient (Wildman–Crippen LogP) is 2.08. The Hall–Kier alpha value is -2.76. The molecule has 26 heavy (non-hydrogen) atoms. The molecule has 0 aliphatic carbocycles. The molecule has 3 rings (SSSR count).